The summed E-state index contributed by atoms with van der Waals surface area (Å²) in [7, 11) is -4.00. The Hall–Kier alpha value is -3.12. The number of sulfonamides is 1. The van der Waals surface area contributed by atoms with E-state index in [0.717, 1.165) is 11.3 Å². The van der Waals surface area contributed by atoms with Crippen molar-refractivity contribution in [2.24, 2.45) is 5.73 Å². The highest BCUT2D eigenvalue weighted by Gasteiger charge is 2.38. The zero-order valence-electron chi connectivity index (χ0n) is 18.6. The summed E-state index contributed by atoms with van der Waals surface area (Å²) in [5, 5.41) is 23.5. The Labute approximate surface area is 217 Å². The highest BCUT2D eigenvalue weighted by Crippen LogP contribution is 2.25. The predicted octanol–water partition coefficient (Wildman–Crippen LogP) is 2.19. The molecule has 12 nitrogen and oxygen atoms in total. The second-order valence-corrected chi connectivity index (χ2v) is 10.4. The quantitative estimate of drug-likeness (QED) is 0.0920. The van der Waals surface area contributed by atoms with E-state index in [2.05, 4.69) is 10.2 Å². The molecule has 0 saturated carbocycles. The van der Waals surface area contributed by atoms with Gasteiger partial charge in [-0.1, -0.05) is 23.7 Å². The Bertz CT molecular complexity index is 1160. The molecular formula is C19H22ClF3N4O8S2. The number of aliphatic carboxylic acids is 2. The molecule has 18 heteroatoms. The van der Waals surface area contributed by atoms with Gasteiger partial charge in [0.15, 0.2) is 0 Å². The number of hydroxylamine groups is 1. The molecule has 1 heterocycles. The normalized spacial score (nSPS) is 12.1. The number of carboxylic acids is 2. The minimum atomic E-state index is -5.08. The number of carbonyl (C=O) groups is 2. The molecule has 0 spiro atoms. The van der Waals surface area contributed by atoms with Crippen LogP contribution in [0, 0.1) is 5.41 Å². The van der Waals surface area contributed by atoms with E-state index in [1.807, 2.05) is 0 Å². The Morgan fingerprint density at radius 3 is 2.19 bits per heavy atom. The molecule has 2 aromatic rings. The summed E-state index contributed by atoms with van der Waals surface area (Å²) in [6.45, 7) is 0.660. The number of carboxylic acid groups (broad SMARTS) is 2. The lowest BCUT2D eigenvalue weighted by atomic mass is 10.1. The number of nitrogens with one attached hydrogen (secondary N) is 3. The van der Waals surface area contributed by atoms with Gasteiger partial charge in [-0.2, -0.15) is 17.9 Å². The number of hydrogen-bond donors (Lipinski definition) is 6. The van der Waals surface area contributed by atoms with Crippen LogP contribution in [0.2, 0.25) is 4.34 Å². The van der Waals surface area contributed by atoms with Gasteiger partial charge < -0.3 is 20.7 Å². The van der Waals surface area contributed by atoms with E-state index in [1.165, 1.54) is 12.1 Å². The zero-order valence-corrected chi connectivity index (χ0v) is 21.0. The first-order valence-corrected chi connectivity index (χ1v) is 12.5. The number of hydrogen-bond acceptors (Lipinski definition) is 8. The molecule has 0 fully saturated rings. The molecule has 7 N–H and O–H groups in total. The van der Waals surface area contributed by atoms with Crippen molar-refractivity contribution in [2.45, 2.75) is 29.3 Å². The Kier molecular flexibility index (Phi) is 12.6. The summed E-state index contributed by atoms with van der Waals surface area (Å²) < 4.78 is 64.4. The van der Waals surface area contributed by atoms with Crippen molar-refractivity contribution in [3.05, 3.63) is 46.3 Å². The molecule has 0 radical (unpaired) electrons. The second kappa shape index (κ2) is 14.6. The average molecular weight is 591 g/mol. The van der Waals surface area contributed by atoms with Crippen molar-refractivity contribution in [1.29, 1.82) is 5.41 Å². The third kappa shape index (κ3) is 12.6. The number of benzene rings is 1. The first-order chi connectivity index (χ1) is 17.1. The van der Waals surface area contributed by atoms with Gasteiger partial charge in [0.25, 0.3) is 10.0 Å². The number of thiophene rings is 1. The fourth-order valence-corrected chi connectivity index (χ4v) is 4.96. The van der Waals surface area contributed by atoms with Gasteiger partial charge in [0, 0.05) is 6.42 Å². The van der Waals surface area contributed by atoms with Gasteiger partial charge >= 0.3 is 18.1 Å². The Morgan fingerprint density at radius 1 is 1.14 bits per heavy atom. The van der Waals surface area contributed by atoms with Crippen LogP contribution in [0.4, 0.5) is 13.2 Å². The van der Waals surface area contributed by atoms with Gasteiger partial charge in [0.1, 0.15) is 16.0 Å². The van der Waals surface area contributed by atoms with E-state index in [-0.39, 0.29) is 16.6 Å². The number of ether oxygens (including phenoxy) is 1. The van der Waals surface area contributed by atoms with E-state index in [0.29, 0.717) is 35.3 Å². The summed E-state index contributed by atoms with van der Waals surface area (Å²) in [6, 6.07) is 8.06. The number of rotatable bonds is 12. The van der Waals surface area contributed by atoms with Crippen molar-refractivity contribution in [3.8, 4) is 5.75 Å². The molecule has 1 aromatic carbocycles. The smallest absolute Gasteiger partial charge is 0.490 e. The lowest BCUT2D eigenvalue weighted by Gasteiger charge is -2.14. The molecule has 206 valence electrons. The minimum Gasteiger partial charge on any atom is -0.494 e. The molecule has 1 aromatic heterocycles. The molecule has 0 aliphatic heterocycles. The summed E-state index contributed by atoms with van der Waals surface area (Å²) in [4.78, 5) is 25.3. The van der Waals surface area contributed by atoms with Crippen LogP contribution in [0.5, 0.6) is 5.75 Å². The van der Waals surface area contributed by atoms with Crippen molar-refractivity contribution >= 4 is 50.9 Å². The van der Waals surface area contributed by atoms with Crippen LogP contribution in [-0.2, 0) is 30.9 Å². The molecule has 0 amide bonds. The Balaban J connectivity index is 0.000000856. The van der Waals surface area contributed by atoms with Crippen LogP contribution in [0.15, 0.2) is 40.6 Å². The fraction of sp³-hybridized carbons (Fsp3) is 0.316. The third-order valence-electron chi connectivity index (χ3n) is 3.86. The second-order valence-electron chi connectivity index (χ2n) is 6.79. The summed E-state index contributed by atoms with van der Waals surface area (Å²) in [5.41, 5.74) is 7.90. The van der Waals surface area contributed by atoms with Gasteiger partial charge in [0.2, 0.25) is 5.96 Å². The van der Waals surface area contributed by atoms with Gasteiger partial charge in [-0.15, -0.1) is 11.3 Å². The number of guanidine groups is 1. The maximum Gasteiger partial charge on any atom is 0.490 e. The highest BCUT2D eigenvalue weighted by atomic mass is 35.5. The molecule has 2 rings (SSSR count). The maximum atomic E-state index is 12.4. The van der Waals surface area contributed by atoms with Crippen LogP contribution in [0.3, 0.4) is 0 Å². The minimum absolute atomic E-state index is 0.0431. The average Bonchev–Trinajstić information content (AvgIpc) is 3.23. The fourth-order valence-electron chi connectivity index (χ4n) is 2.27. The first kappa shape index (κ1) is 31.9. The van der Waals surface area contributed by atoms with E-state index in [4.69, 9.17) is 42.2 Å². The van der Waals surface area contributed by atoms with Gasteiger partial charge in [-0.3, -0.25) is 15.0 Å². The van der Waals surface area contributed by atoms with E-state index >= 15 is 0 Å². The number of halogens is 4. The molecule has 0 unspecified atom stereocenters. The molecule has 37 heavy (non-hydrogen) atoms. The van der Waals surface area contributed by atoms with Crippen LogP contribution < -0.4 is 20.7 Å². The lowest BCUT2D eigenvalue weighted by molar-refractivity contribution is -0.192. The van der Waals surface area contributed by atoms with Crippen molar-refractivity contribution in [3.63, 3.8) is 0 Å². The predicted molar refractivity (Wildman–Crippen MR) is 126 cm³/mol. The number of nitrogens with two attached hydrogens (primary N) is 1. The standard InChI is InChI=1S/C17H21ClN4O6S2.C2HF3O2/c18-14-6-7-15(29-14)30(25,26)22-13(16(23)24)10-11-2-4-12(5-3-11)27-8-1-9-28-21-17(19)20;3-2(4,5)1(6)7/h2-7,13,22H,1,8-10H2,(H,23,24)(H4,19,20,21);(H,6,7)/t13-;/m0./s1. The molecule has 0 aliphatic carbocycles. The largest absolute Gasteiger partial charge is 0.494 e. The summed E-state index contributed by atoms with van der Waals surface area (Å²) in [6.07, 6.45) is -4.57. The van der Waals surface area contributed by atoms with E-state index in [9.17, 15) is 31.5 Å². The Morgan fingerprint density at radius 2 is 1.73 bits per heavy atom. The first-order valence-electron chi connectivity index (χ1n) is 9.86. The molecule has 0 aliphatic rings. The van der Waals surface area contributed by atoms with Crippen LogP contribution in [0.25, 0.3) is 0 Å². The van der Waals surface area contributed by atoms with E-state index < -0.39 is 34.2 Å². The zero-order chi connectivity index (χ0) is 28.2. The molecular weight excluding hydrogens is 569 g/mol. The maximum absolute atomic E-state index is 12.4. The lowest BCUT2D eigenvalue weighted by Crippen LogP contribution is -2.42. The van der Waals surface area contributed by atoms with Crippen molar-refractivity contribution < 1.29 is 51.0 Å². The van der Waals surface area contributed by atoms with Crippen LogP contribution in [0.1, 0.15) is 12.0 Å². The third-order valence-corrected chi connectivity index (χ3v) is 7.05. The van der Waals surface area contributed by atoms with Crippen LogP contribution in [-0.4, -0.2) is 62.0 Å². The summed E-state index contributed by atoms with van der Waals surface area (Å²) >= 11 is 6.60. The highest BCUT2D eigenvalue weighted by molar-refractivity contribution is 7.91. The van der Waals surface area contributed by atoms with Gasteiger partial charge in [-0.25, -0.2) is 18.7 Å². The SMILES string of the molecule is N=C(N)NOCCCOc1ccc(C[C@H](NS(=O)(=O)c2ccc(Cl)s2)C(=O)O)cc1.O=C(O)C(F)(F)F. The van der Waals surface area contributed by atoms with Gasteiger partial charge in [-0.05, 0) is 36.2 Å². The van der Waals surface area contributed by atoms with Gasteiger partial charge in [0.05, 0.1) is 17.6 Å². The van der Waals surface area contributed by atoms with Crippen LogP contribution >= 0.6 is 22.9 Å². The van der Waals surface area contributed by atoms with Crippen molar-refractivity contribution in [1.82, 2.24) is 10.2 Å². The van der Waals surface area contributed by atoms with E-state index in [1.54, 1.807) is 24.3 Å². The monoisotopic (exact) mass is 590 g/mol. The number of alkyl halides is 3. The van der Waals surface area contributed by atoms with Crippen molar-refractivity contribution in [2.75, 3.05) is 13.2 Å². The molecule has 0 bridgehead atoms. The molecule has 0 saturated heterocycles. The molecule has 1 atom stereocenters. The topological polar surface area (TPSA) is 201 Å². The summed E-state index contributed by atoms with van der Waals surface area (Å²) in [5.74, 6) is -3.76.